The number of carbonyl (C=O) groups is 1. The first-order valence-corrected chi connectivity index (χ1v) is 6.24. The minimum Gasteiger partial charge on any atom is -0.503 e. The van der Waals surface area contributed by atoms with Gasteiger partial charge in [-0.3, -0.25) is 4.79 Å². The van der Waals surface area contributed by atoms with E-state index < -0.39 is 34.7 Å². The predicted molar refractivity (Wildman–Crippen MR) is 66.0 cm³/mol. The van der Waals surface area contributed by atoms with Crippen molar-refractivity contribution in [1.82, 2.24) is 10.6 Å². The smallest absolute Gasteiger partial charge is 0.254 e. The molecule has 0 saturated carbocycles. The number of halogens is 3. The minimum atomic E-state index is -1.71. The van der Waals surface area contributed by atoms with E-state index in [1.165, 1.54) is 0 Å². The van der Waals surface area contributed by atoms with E-state index in [-0.39, 0.29) is 12.1 Å². The van der Waals surface area contributed by atoms with E-state index in [4.69, 9.17) is 5.11 Å². The van der Waals surface area contributed by atoms with Gasteiger partial charge in [-0.25, -0.2) is 8.78 Å². The van der Waals surface area contributed by atoms with Gasteiger partial charge in [-0.1, -0.05) is 0 Å². The molecule has 0 radical (unpaired) electrons. The summed E-state index contributed by atoms with van der Waals surface area (Å²) in [5.74, 6) is -7.03. The summed E-state index contributed by atoms with van der Waals surface area (Å²) in [6.07, 6.45) is 1.81. The van der Waals surface area contributed by atoms with Gasteiger partial charge >= 0.3 is 0 Å². The molecule has 1 heterocycles. The summed E-state index contributed by atoms with van der Waals surface area (Å²) in [6, 6.07) is 0.435. The van der Waals surface area contributed by atoms with E-state index in [2.05, 4.69) is 10.6 Å². The van der Waals surface area contributed by atoms with Crippen LogP contribution in [0.3, 0.4) is 0 Å². The number of phenols is 1. The molecule has 0 spiro atoms. The van der Waals surface area contributed by atoms with E-state index in [1.807, 2.05) is 6.92 Å². The van der Waals surface area contributed by atoms with Gasteiger partial charge in [0.15, 0.2) is 17.4 Å². The molecule has 7 heteroatoms. The molecule has 3 N–H and O–H groups in total. The van der Waals surface area contributed by atoms with Gasteiger partial charge in [0.25, 0.3) is 5.91 Å². The second kappa shape index (κ2) is 5.32. The number of hydrogen-bond acceptors (Lipinski definition) is 3. The summed E-state index contributed by atoms with van der Waals surface area (Å²) < 4.78 is 39.6. The number of aromatic hydroxyl groups is 1. The summed E-state index contributed by atoms with van der Waals surface area (Å²) in [5.41, 5.74) is -1.02. The van der Waals surface area contributed by atoms with Crippen LogP contribution < -0.4 is 10.6 Å². The van der Waals surface area contributed by atoms with Gasteiger partial charge in [0.05, 0.1) is 5.56 Å². The van der Waals surface area contributed by atoms with Crippen molar-refractivity contribution in [3.8, 4) is 5.75 Å². The van der Waals surface area contributed by atoms with Crippen molar-refractivity contribution in [3.63, 3.8) is 0 Å². The second-order valence-corrected chi connectivity index (χ2v) is 5.16. The van der Waals surface area contributed by atoms with Crippen molar-refractivity contribution >= 4 is 5.91 Å². The Bertz CT molecular complexity index is 543. The van der Waals surface area contributed by atoms with Crippen LogP contribution in [0, 0.1) is 17.5 Å². The SMILES string of the molecule is CC1(CNC(=O)c2cc(F)c(F)c(O)c2F)CCCN1. The normalized spacial score (nSPS) is 22.0. The van der Waals surface area contributed by atoms with Crippen molar-refractivity contribution in [2.45, 2.75) is 25.3 Å². The van der Waals surface area contributed by atoms with E-state index in [9.17, 15) is 18.0 Å². The largest absolute Gasteiger partial charge is 0.503 e. The maximum atomic E-state index is 13.6. The highest BCUT2D eigenvalue weighted by molar-refractivity contribution is 5.95. The lowest BCUT2D eigenvalue weighted by Gasteiger charge is -2.24. The molecule has 1 fully saturated rings. The summed E-state index contributed by atoms with van der Waals surface area (Å²) >= 11 is 0. The lowest BCUT2D eigenvalue weighted by atomic mass is 10.0. The molecule has 110 valence electrons. The molecule has 0 aliphatic carbocycles. The molecule has 4 nitrogen and oxygen atoms in total. The number of carbonyl (C=O) groups excluding carboxylic acids is 1. The molecule has 1 atom stereocenters. The van der Waals surface area contributed by atoms with Crippen LogP contribution in [-0.2, 0) is 0 Å². The monoisotopic (exact) mass is 288 g/mol. The molecule has 1 aliphatic heterocycles. The van der Waals surface area contributed by atoms with E-state index in [0.717, 1.165) is 19.4 Å². The van der Waals surface area contributed by atoms with Crippen LogP contribution in [-0.4, -0.2) is 29.6 Å². The average molecular weight is 288 g/mol. The number of benzene rings is 1. The van der Waals surface area contributed by atoms with Gasteiger partial charge in [0.1, 0.15) is 0 Å². The molecule has 1 aromatic rings. The maximum absolute atomic E-state index is 13.6. The zero-order chi connectivity index (χ0) is 14.9. The van der Waals surface area contributed by atoms with Crippen LogP contribution in [0.15, 0.2) is 6.07 Å². The number of phenolic OH excluding ortho intramolecular Hbond substituents is 1. The van der Waals surface area contributed by atoms with Gasteiger partial charge < -0.3 is 15.7 Å². The number of nitrogens with one attached hydrogen (secondary N) is 2. The van der Waals surface area contributed by atoms with E-state index in [0.29, 0.717) is 6.07 Å². The molecular weight excluding hydrogens is 273 g/mol. The Morgan fingerprint density at radius 1 is 1.45 bits per heavy atom. The van der Waals surface area contributed by atoms with Crippen molar-refractivity contribution in [2.24, 2.45) is 0 Å². The number of hydrogen-bond donors (Lipinski definition) is 3. The van der Waals surface area contributed by atoms with E-state index >= 15 is 0 Å². The van der Waals surface area contributed by atoms with Crippen LogP contribution in [0.2, 0.25) is 0 Å². The van der Waals surface area contributed by atoms with Crippen LogP contribution in [0.1, 0.15) is 30.1 Å². The van der Waals surface area contributed by atoms with E-state index in [1.54, 1.807) is 0 Å². The quantitative estimate of drug-likeness (QED) is 0.742. The first-order valence-electron chi connectivity index (χ1n) is 6.24. The fraction of sp³-hybridized carbons (Fsp3) is 0.462. The highest BCUT2D eigenvalue weighted by Crippen LogP contribution is 2.26. The fourth-order valence-electron chi connectivity index (χ4n) is 2.23. The predicted octanol–water partition coefficient (Wildman–Crippen LogP) is 1.68. The van der Waals surface area contributed by atoms with Crippen molar-refractivity contribution in [1.29, 1.82) is 0 Å². The first kappa shape index (κ1) is 14.6. The molecule has 20 heavy (non-hydrogen) atoms. The molecule has 1 saturated heterocycles. The fourth-order valence-corrected chi connectivity index (χ4v) is 2.23. The lowest BCUT2D eigenvalue weighted by molar-refractivity contribution is 0.0937. The molecule has 2 rings (SSSR count). The summed E-state index contributed by atoms with van der Waals surface area (Å²) in [5, 5.41) is 14.7. The van der Waals surface area contributed by atoms with Crippen LogP contribution >= 0.6 is 0 Å². The van der Waals surface area contributed by atoms with Crippen molar-refractivity contribution in [2.75, 3.05) is 13.1 Å². The van der Waals surface area contributed by atoms with Gasteiger partial charge in [0, 0.05) is 12.1 Å². The average Bonchev–Trinajstić information content (AvgIpc) is 2.85. The molecule has 1 amide bonds. The van der Waals surface area contributed by atoms with Crippen LogP contribution in [0.5, 0.6) is 5.75 Å². The third-order valence-electron chi connectivity index (χ3n) is 3.47. The Labute approximate surface area is 114 Å². The summed E-state index contributed by atoms with van der Waals surface area (Å²) in [6.45, 7) is 2.96. The van der Waals surface area contributed by atoms with Crippen LogP contribution in [0.4, 0.5) is 13.2 Å². The minimum absolute atomic E-state index is 0.227. The molecule has 1 aliphatic rings. The van der Waals surface area contributed by atoms with Gasteiger partial charge in [0.2, 0.25) is 5.82 Å². The lowest BCUT2D eigenvalue weighted by Crippen LogP contribution is -2.47. The van der Waals surface area contributed by atoms with Crippen molar-refractivity contribution < 1.29 is 23.1 Å². The standard InChI is InChI=1S/C13H15F3N2O2/c1-13(3-2-4-18-13)6-17-12(20)7-5-8(14)10(16)11(19)9(7)15/h5,18-19H,2-4,6H2,1H3,(H,17,20). The van der Waals surface area contributed by atoms with Crippen LogP contribution in [0.25, 0.3) is 0 Å². The summed E-state index contributed by atoms with van der Waals surface area (Å²) in [7, 11) is 0. The Morgan fingerprint density at radius 3 is 2.75 bits per heavy atom. The summed E-state index contributed by atoms with van der Waals surface area (Å²) in [4.78, 5) is 11.8. The Kier molecular flexibility index (Phi) is 3.89. The van der Waals surface area contributed by atoms with Crippen molar-refractivity contribution in [3.05, 3.63) is 29.1 Å². The van der Waals surface area contributed by atoms with Gasteiger partial charge in [-0.2, -0.15) is 4.39 Å². The zero-order valence-electron chi connectivity index (χ0n) is 10.9. The van der Waals surface area contributed by atoms with Gasteiger partial charge in [-0.15, -0.1) is 0 Å². The molecular formula is C13H15F3N2O2. The molecule has 0 bridgehead atoms. The Morgan fingerprint density at radius 2 is 2.15 bits per heavy atom. The highest BCUT2D eigenvalue weighted by atomic mass is 19.2. The Hall–Kier alpha value is -1.76. The third kappa shape index (κ3) is 2.72. The number of amides is 1. The highest BCUT2D eigenvalue weighted by Gasteiger charge is 2.29. The number of rotatable bonds is 3. The third-order valence-corrected chi connectivity index (χ3v) is 3.47. The van der Waals surface area contributed by atoms with Gasteiger partial charge in [-0.05, 0) is 32.4 Å². The topological polar surface area (TPSA) is 61.4 Å². The maximum Gasteiger partial charge on any atom is 0.254 e. The Balaban J connectivity index is 2.13. The molecule has 0 aromatic heterocycles. The first-order chi connectivity index (χ1) is 9.34. The molecule has 1 aromatic carbocycles. The molecule has 1 unspecified atom stereocenters. The second-order valence-electron chi connectivity index (χ2n) is 5.16. The zero-order valence-corrected chi connectivity index (χ0v) is 10.9.